The fraction of sp³-hybridized carbons (Fsp3) is 0.182. The van der Waals surface area contributed by atoms with Gasteiger partial charge in [0.1, 0.15) is 16.3 Å². The maximum Gasteiger partial charge on any atom is 0.341 e. The summed E-state index contributed by atoms with van der Waals surface area (Å²) >= 11 is 1.29. The molecule has 0 saturated carbocycles. The summed E-state index contributed by atoms with van der Waals surface area (Å²) in [6, 6.07) is 18.7. The number of carbonyl (C=O) groups excluding carboxylic acids is 2. The van der Waals surface area contributed by atoms with Crippen molar-refractivity contribution in [3.63, 3.8) is 0 Å². The molecule has 1 atom stereocenters. The van der Waals surface area contributed by atoms with Crippen LogP contribution in [0.5, 0.6) is 5.75 Å². The van der Waals surface area contributed by atoms with Gasteiger partial charge in [-0.05, 0) is 24.1 Å². The monoisotopic (exact) mass is 395 g/mol. The van der Waals surface area contributed by atoms with Gasteiger partial charge >= 0.3 is 5.97 Å². The highest BCUT2D eigenvalue weighted by atomic mass is 32.1. The minimum atomic E-state index is -0.671. The van der Waals surface area contributed by atoms with Crippen molar-refractivity contribution in [2.45, 2.75) is 19.4 Å². The van der Waals surface area contributed by atoms with Crippen molar-refractivity contribution >= 4 is 28.2 Å². The Morgan fingerprint density at radius 2 is 1.68 bits per heavy atom. The molecule has 0 aliphatic heterocycles. The van der Waals surface area contributed by atoms with Gasteiger partial charge in [0.05, 0.1) is 7.11 Å². The first-order chi connectivity index (χ1) is 13.6. The second kappa shape index (κ2) is 9.19. The number of amides is 1. The summed E-state index contributed by atoms with van der Waals surface area (Å²) in [4.78, 5) is 25.2. The third-order valence-corrected chi connectivity index (χ3v) is 5.08. The van der Waals surface area contributed by atoms with Gasteiger partial charge in [-0.25, -0.2) is 4.79 Å². The molecule has 2 aromatic carbocycles. The van der Waals surface area contributed by atoms with E-state index in [9.17, 15) is 9.59 Å². The number of para-hydroxylation sites is 1. The van der Waals surface area contributed by atoms with Gasteiger partial charge in [-0.3, -0.25) is 4.79 Å². The molecule has 3 aromatic rings. The standard InChI is InChI=1S/C22H21NO4S/c1-3-18(27-16-12-8-5-9-13-16)20(24)23-21-19(22(25)26-2)17(14-28-21)15-10-6-4-7-11-15/h4-14,18H,3H2,1-2H3,(H,23,24). The summed E-state index contributed by atoms with van der Waals surface area (Å²) in [7, 11) is 1.33. The highest BCUT2D eigenvalue weighted by Crippen LogP contribution is 2.36. The molecule has 3 rings (SSSR count). The molecule has 1 N–H and O–H groups in total. The van der Waals surface area contributed by atoms with Crippen LogP contribution in [-0.2, 0) is 9.53 Å². The Kier molecular flexibility index (Phi) is 6.45. The van der Waals surface area contributed by atoms with Crippen molar-refractivity contribution in [2.75, 3.05) is 12.4 Å². The molecule has 1 heterocycles. The van der Waals surface area contributed by atoms with Gasteiger partial charge in [-0.1, -0.05) is 55.5 Å². The average molecular weight is 395 g/mol. The Bertz CT molecular complexity index is 938. The Morgan fingerprint density at radius 1 is 1.04 bits per heavy atom. The molecule has 1 unspecified atom stereocenters. The Balaban J connectivity index is 1.85. The first-order valence-corrected chi connectivity index (χ1v) is 9.79. The fourth-order valence-corrected chi connectivity index (χ4v) is 3.72. The SMILES string of the molecule is CCC(Oc1ccccc1)C(=O)Nc1scc(-c2ccccc2)c1C(=O)OC. The molecule has 6 heteroatoms. The second-order valence-corrected chi connectivity index (χ2v) is 6.91. The van der Waals surface area contributed by atoms with E-state index < -0.39 is 12.1 Å². The largest absolute Gasteiger partial charge is 0.481 e. The summed E-state index contributed by atoms with van der Waals surface area (Å²) < 4.78 is 10.7. The topological polar surface area (TPSA) is 64.6 Å². The third kappa shape index (κ3) is 4.40. The number of thiophene rings is 1. The lowest BCUT2D eigenvalue weighted by Gasteiger charge is -2.17. The van der Waals surface area contributed by atoms with Crippen molar-refractivity contribution in [1.82, 2.24) is 0 Å². The van der Waals surface area contributed by atoms with E-state index in [2.05, 4.69) is 5.32 Å². The number of ether oxygens (including phenoxy) is 2. The number of hydrogen-bond donors (Lipinski definition) is 1. The Morgan fingerprint density at radius 3 is 2.29 bits per heavy atom. The van der Waals surface area contributed by atoms with Crippen molar-refractivity contribution in [3.05, 3.63) is 71.6 Å². The van der Waals surface area contributed by atoms with Crippen LogP contribution in [0.3, 0.4) is 0 Å². The smallest absolute Gasteiger partial charge is 0.341 e. The van der Waals surface area contributed by atoms with Crippen LogP contribution in [-0.4, -0.2) is 25.1 Å². The van der Waals surface area contributed by atoms with Crippen LogP contribution in [0.4, 0.5) is 5.00 Å². The lowest BCUT2D eigenvalue weighted by atomic mass is 10.0. The maximum atomic E-state index is 12.8. The number of nitrogens with one attached hydrogen (secondary N) is 1. The van der Waals surface area contributed by atoms with Crippen LogP contribution >= 0.6 is 11.3 Å². The number of carbonyl (C=O) groups is 2. The second-order valence-electron chi connectivity index (χ2n) is 6.03. The predicted molar refractivity (Wildman–Crippen MR) is 111 cm³/mol. The van der Waals surface area contributed by atoms with Crippen molar-refractivity contribution in [3.8, 4) is 16.9 Å². The van der Waals surface area contributed by atoms with E-state index in [4.69, 9.17) is 9.47 Å². The molecule has 0 bridgehead atoms. The molecule has 144 valence electrons. The van der Waals surface area contributed by atoms with Crippen LogP contribution in [0.1, 0.15) is 23.7 Å². The van der Waals surface area contributed by atoms with Crippen molar-refractivity contribution < 1.29 is 19.1 Å². The summed E-state index contributed by atoms with van der Waals surface area (Å²) in [5.74, 6) is -0.181. The maximum absolute atomic E-state index is 12.8. The summed E-state index contributed by atoms with van der Waals surface area (Å²) in [5.41, 5.74) is 1.96. The number of methoxy groups -OCH3 is 1. The van der Waals surface area contributed by atoms with Crippen LogP contribution < -0.4 is 10.1 Å². The number of hydrogen-bond acceptors (Lipinski definition) is 5. The molecular formula is C22H21NO4S. The molecule has 1 aromatic heterocycles. The van der Waals surface area contributed by atoms with E-state index in [1.807, 2.05) is 60.8 Å². The molecule has 0 fully saturated rings. The zero-order valence-corrected chi connectivity index (χ0v) is 16.5. The molecule has 0 saturated heterocycles. The zero-order valence-electron chi connectivity index (χ0n) is 15.7. The normalized spacial score (nSPS) is 11.5. The van der Waals surface area contributed by atoms with Crippen molar-refractivity contribution in [1.29, 1.82) is 0 Å². The molecular weight excluding hydrogens is 374 g/mol. The fourth-order valence-electron chi connectivity index (χ4n) is 2.76. The van der Waals surface area contributed by atoms with Gasteiger partial charge in [-0.15, -0.1) is 11.3 Å². The van der Waals surface area contributed by atoms with Gasteiger partial charge < -0.3 is 14.8 Å². The van der Waals surface area contributed by atoms with E-state index in [-0.39, 0.29) is 5.91 Å². The van der Waals surface area contributed by atoms with Crippen LogP contribution in [0.2, 0.25) is 0 Å². The summed E-state index contributed by atoms with van der Waals surface area (Å²) in [6.45, 7) is 1.87. The number of rotatable bonds is 7. The highest BCUT2D eigenvalue weighted by Gasteiger charge is 2.25. The van der Waals surface area contributed by atoms with Gasteiger partial charge in [0.2, 0.25) is 0 Å². The van der Waals surface area contributed by atoms with Crippen molar-refractivity contribution in [2.24, 2.45) is 0 Å². The lowest BCUT2D eigenvalue weighted by Crippen LogP contribution is -2.32. The Labute approximate surface area is 167 Å². The van der Waals surface area contributed by atoms with Crippen LogP contribution in [0.25, 0.3) is 11.1 Å². The van der Waals surface area contributed by atoms with E-state index in [1.165, 1.54) is 18.4 Å². The predicted octanol–water partition coefficient (Wildman–Crippen LogP) is 5.00. The van der Waals surface area contributed by atoms with Crippen LogP contribution in [0.15, 0.2) is 66.0 Å². The number of benzene rings is 2. The average Bonchev–Trinajstić information content (AvgIpc) is 3.16. The van der Waals surface area contributed by atoms with E-state index >= 15 is 0 Å². The first kappa shape index (κ1) is 19.6. The molecule has 0 spiro atoms. The molecule has 28 heavy (non-hydrogen) atoms. The lowest BCUT2D eigenvalue weighted by molar-refractivity contribution is -0.122. The van der Waals surface area contributed by atoms with Gasteiger partial charge in [0, 0.05) is 10.9 Å². The van der Waals surface area contributed by atoms with E-state index in [1.54, 1.807) is 12.1 Å². The molecule has 0 aliphatic carbocycles. The minimum Gasteiger partial charge on any atom is -0.481 e. The van der Waals surface area contributed by atoms with Gasteiger partial charge in [-0.2, -0.15) is 0 Å². The summed E-state index contributed by atoms with van der Waals surface area (Å²) in [5, 5.41) is 5.13. The molecule has 0 aliphatic rings. The molecule has 1 amide bonds. The quantitative estimate of drug-likeness (QED) is 0.572. The number of anilines is 1. The first-order valence-electron chi connectivity index (χ1n) is 8.91. The zero-order chi connectivity index (χ0) is 19.9. The third-order valence-electron chi connectivity index (χ3n) is 4.19. The molecule has 0 radical (unpaired) electrons. The van der Waals surface area contributed by atoms with Gasteiger partial charge in [0.15, 0.2) is 6.10 Å². The highest BCUT2D eigenvalue weighted by molar-refractivity contribution is 7.15. The minimum absolute atomic E-state index is 0.307. The Hall–Kier alpha value is -3.12. The van der Waals surface area contributed by atoms with E-state index in [0.717, 1.165) is 11.1 Å². The van der Waals surface area contributed by atoms with Gasteiger partial charge in [0.25, 0.3) is 5.91 Å². The summed E-state index contributed by atoms with van der Waals surface area (Å²) in [6.07, 6.45) is -0.180. The molecule has 5 nitrogen and oxygen atoms in total. The number of esters is 1. The van der Waals surface area contributed by atoms with E-state index in [0.29, 0.717) is 22.7 Å². The van der Waals surface area contributed by atoms with Crippen LogP contribution in [0, 0.1) is 0 Å².